The Balaban J connectivity index is 3.16. The summed E-state index contributed by atoms with van der Waals surface area (Å²) in [5.74, 6) is -1.09. The molecule has 2 unspecified atom stereocenters. The Kier molecular flexibility index (Phi) is 4.18. The number of nitrogens with zero attached hydrogens (tertiary/aromatic N) is 1. The molecule has 0 saturated carbocycles. The summed E-state index contributed by atoms with van der Waals surface area (Å²) >= 11 is 0. The molecule has 1 aromatic carbocycles. The monoisotopic (exact) mass is 256 g/mol. The lowest BCUT2D eigenvalue weighted by atomic mass is 10.0. The average molecular weight is 256 g/mol. The highest BCUT2D eigenvalue weighted by Gasteiger charge is 2.31. The van der Waals surface area contributed by atoms with E-state index in [1.165, 1.54) is 12.1 Å². The van der Waals surface area contributed by atoms with Crippen LogP contribution in [0, 0.1) is 10.1 Å². The number of anilines is 1. The van der Waals surface area contributed by atoms with Crippen LogP contribution in [0.4, 0.5) is 11.4 Å². The number of hydrogen-bond acceptors (Lipinski definition) is 7. The molecule has 2 atom stereocenters. The number of nitro groups is 1. The number of aliphatic hydroxyl groups is 2. The van der Waals surface area contributed by atoms with Gasteiger partial charge in [0.05, 0.1) is 17.6 Å². The fourth-order valence-corrected chi connectivity index (χ4v) is 1.39. The van der Waals surface area contributed by atoms with Crippen molar-refractivity contribution in [2.24, 2.45) is 0 Å². The molecule has 0 amide bonds. The summed E-state index contributed by atoms with van der Waals surface area (Å²) in [5, 5.41) is 29.9. The Morgan fingerprint density at radius 1 is 1.50 bits per heavy atom. The molecule has 0 aromatic heterocycles. The maximum atomic E-state index is 11.0. The van der Waals surface area contributed by atoms with Gasteiger partial charge in [-0.2, -0.15) is 0 Å². The van der Waals surface area contributed by atoms with Gasteiger partial charge in [0, 0.05) is 11.8 Å². The van der Waals surface area contributed by atoms with Gasteiger partial charge in [-0.3, -0.25) is 10.1 Å². The van der Waals surface area contributed by atoms with Gasteiger partial charge in [0.25, 0.3) is 5.69 Å². The largest absolute Gasteiger partial charge is 0.467 e. The van der Waals surface area contributed by atoms with Crippen molar-refractivity contribution in [1.29, 1.82) is 0 Å². The zero-order chi connectivity index (χ0) is 13.9. The van der Waals surface area contributed by atoms with Crippen molar-refractivity contribution in [2.45, 2.75) is 12.2 Å². The van der Waals surface area contributed by atoms with Crippen LogP contribution in [0.25, 0.3) is 0 Å². The molecule has 0 spiro atoms. The van der Waals surface area contributed by atoms with Crippen LogP contribution in [0.5, 0.6) is 0 Å². The highest BCUT2D eigenvalue weighted by molar-refractivity contribution is 5.75. The third-order valence-electron chi connectivity index (χ3n) is 2.31. The van der Waals surface area contributed by atoms with Gasteiger partial charge in [-0.15, -0.1) is 0 Å². The minimum Gasteiger partial charge on any atom is -0.467 e. The minimum absolute atomic E-state index is 0.130. The Morgan fingerprint density at radius 2 is 2.11 bits per heavy atom. The lowest BCUT2D eigenvalue weighted by molar-refractivity contribution is -0.386. The number of rotatable bonds is 4. The molecule has 4 N–H and O–H groups in total. The fourth-order valence-electron chi connectivity index (χ4n) is 1.39. The van der Waals surface area contributed by atoms with Crippen LogP contribution >= 0.6 is 0 Å². The molecule has 0 aliphatic heterocycles. The van der Waals surface area contributed by atoms with Crippen molar-refractivity contribution < 1.29 is 24.7 Å². The average Bonchev–Trinajstić information content (AvgIpc) is 2.35. The summed E-state index contributed by atoms with van der Waals surface area (Å²) in [6, 6.07) is 3.52. The summed E-state index contributed by atoms with van der Waals surface area (Å²) in [7, 11) is 1.02. The molecule has 0 fully saturated rings. The van der Waals surface area contributed by atoms with Crippen LogP contribution in [-0.2, 0) is 9.53 Å². The molecule has 8 heteroatoms. The molecule has 0 radical (unpaired) electrons. The van der Waals surface area contributed by atoms with Crippen LogP contribution in [0.2, 0.25) is 0 Å². The Bertz CT molecular complexity index is 475. The highest BCUT2D eigenvalue weighted by Crippen LogP contribution is 2.29. The molecule has 0 heterocycles. The van der Waals surface area contributed by atoms with Crippen LogP contribution in [0.3, 0.4) is 0 Å². The van der Waals surface area contributed by atoms with Crippen molar-refractivity contribution in [3.63, 3.8) is 0 Å². The number of aliphatic hydroxyl groups excluding tert-OH is 2. The molecular formula is C10H12N2O6. The third-order valence-corrected chi connectivity index (χ3v) is 2.31. The van der Waals surface area contributed by atoms with Gasteiger partial charge in [0.15, 0.2) is 6.10 Å². The summed E-state index contributed by atoms with van der Waals surface area (Å²) in [6.45, 7) is 0. The van der Waals surface area contributed by atoms with Crippen molar-refractivity contribution in [2.75, 3.05) is 12.8 Å². The van der Waals surface area contributed by atoms with Gasteiger partial charge in [-0.05, 0) is 12.1 Å². The van der Waals surface area contributed by atoms with Gasteiger partial charge in [-0.25, -0.2) is 4.79 Å². The molecule has 1 aromatic rings. The number of carbonyl (C=O) groups excluding carboxylic acids is 1. The topological polar surface area (TPSA) is 136 Å². The number of methoxy groups -OCH3 is 1. The minimum atomic E-state index is -1.91. The van der Waals surface area contributed by atoms with Crippen LogP contribution < -0.4 is 5.73 Å². The maximum Gasteiger partial charge on any atom is 0.337 e. The molecular weight excluding hydrogens is 244 g/mol. The SMILES string of the molecule is COC(=O)C(O)C(O)c1ccc(N)cc1[N+](=O)[O-]. The number of carbonyl (C=O) groups is 1. The van der Waals surface area contributed by atoms with Crippen LogP contribution in [0.1, 0.15) is 11.7 Å². The molecule has 98 valence electrons. The lowest BCUT2D eigenvalue weighted by Crippen LogP contribution is -2.29. The summed E-state index contributed by atoms with van der Waals surface area (Å²) < 4.78 is 4.24. The van der Waals surface area contributed by atoms with Crippen LogP contribution in [0.15, 0.2) is 18.2 Å². The maximum absolute atomic E-state index is 11.0. The summed E-state index contributed by atoms with van der Waals surface area (Å²) in [6.07, 6.45) is -3.67. The van der Waals surface area contributed by atoms with E-state index in [0.29, 0.717) is 0 Å². The summed E-state index contributed by atoms with van der Waals surface area (Å²) in [4.78, 5) is 21.1. The number of nitrogens with two attached hydrogens (primary N) is 1. The molecule has 0 saturated heterocycles. The fraction of sp³-hybridized carbons (Fsp3) is 0.300. The normalized spacial score (nSPS) is 13.7. The Hall–Kier alpha value is -2.19. The first-order valence-corrected chi connectivity index (χ1v) is 4.86. The van der Waals surface area contributed by atoms with E-state index >= 15 is 0 Å². The zero-order valence-corrected chi connectivity index (χ0v) is 9.44. The van der Waals surface area contributed by atoms with Gasteiger partial charge in [0.2, 0.25) is 0 Å². The number of nitrogen functional groups attached to an aromatic ring is 1. The number of ether oxygens (including phenoxy) is 1. The molecule has 8 nitrogen and oxygen atoms in total. The van der Waals surface area contributed by atoms with E-state index in [1.54, 1.807) is 0 Å². The van der Waals surface area contributed by atoms with Gasteiger partial charge < -0.3 is 20.7 Å². The number of hydrogen-bond donors (Lipinski definition) is 3. The van der Waals surface area contributed by atoms with E-state index in [-0.39, 0.29) is 11.3 Å². The zero-order valence-electron chi connectivity index (χ0n) is 9.44. The smallest absolute Gasteiger partial charge is 0.337 e. The number of benzene rings is 1. The first-order valence-electron chi connectivity index (χ1n) is 4.86. The van der Waals surface area contributed by atoms with E-state index in [4.69, 9.17) is 5.73 Å². The Morgan fingerprint density at radius 3 is 2.61 bits per heavy atom. The quantitative estimate of drug-likeness (QED) is 0.292. The Labute approximate surface area is 102 Å². The third kappa shape index (κ3) is 2.73. The van der Waals surface area contributed by atoms with Crippen molar-refractivity contribution in [3.05, 3.63) is 33.9 Å². The molecule has 18 heavy (non-hydrogen) atoms. The van der Waals surface area contributed by atoms with Crippen molar-refractivity contribution in [1.82, 2.24) is 0 Å². The first kappa shape index (κ1) is 13.9. The van der Waals surface area contributed by atoms with E-state index in [0.717, 1.165) is 13.2 Å². The second-order valence-corrected chi connectivity index (χ2v) is 3.49. The second kappa shape index (κ2) is 5.43. The predicted octanol–water partition coefficient (Wildman–Crippen LogP) is -0.256. The second-order valence-electron chi connectivity index (χ2n) is 3.49. The molecule has 0 aliphatic carbocycles. The van der Waals surface area contributed by atoms with Gasteiger partial charge in [-0.1, -0.05) is 0 Å². The van der Waals surface area contributed by atoms with E-state index in [9.17, 15) is 25.1 Å². The number of nitro benzene ring substituents is 1. The molecule has 1 rings (SSSR count). The van der Waals surface area contributed by atoms with E-state index < -0.39 is 28.8 Å². The predicted molar refractivity (Wildman–Crippen MR) is 60.5 cm³/mol. The van der Waals surface area contributed by atoms with Gasteiger partial charge in [0.1, 0.15) is 6.10 Å². The standard InChI is InChI=1S/C10H12N2O6/c1-18-10(15)9(14)8(13)6-3-2-5(11)4-7(6)12(16)17/h2-4,8-9,13-14H,11H2,1H3. The van der Waals surface area contributed by atoms with E-state index in [1.807, 2.05) is 0 Å². The molecule has 0 bridgehead atoms. The molecule has 0 aliphatic rings. The number of esters is 1. The van der Waals surface area contributed by atoms with Crippen molar-refractivity contribution in [3.8, 4) is 0 Å². The lowest BCUT2D eigenvalue weighted by Gasteiger charge is -2.16. The van der Waals surface area contributed by atoms with Crippen LogP contribution in [-0.4, -0.2) is 34.3 Å². The highest BCUT2D eigenvalue weighted by atomic mass is 16.6. The summed E-state index contributed by atoms with van der Waals surface area (Å²) in [5.41, 5.74) is 4.82. The first-order chi connectivity index (χ1) is 8.38. The van der Waals surface area contributed by atoms with E-state index in [2.05, 4.69) is 4.74 Å². The van der Waals surface area contributed by atoms with Crippen molar-refractivity contribution >= 4 is 17.3 Å². The van der Waals surface area contributed by atoms with Gasteiger partial charge >= 0.3 is 5.97 Å².